The highest BCUT2D eigenvalue weighted by atomic mass is 16.5. The Morgan fingerprint density at radius 2 is 2.10 bits per heavy atom. The molecule has 4 rings (SSSR count). The Kier molecular flexibility index (Phi) is 6.18. The molecule has 31 heavy (non-hydrogen) atoms. The number of aryl methyl sites for hydroxylation is 1. The molecule has 1 saturated carbocycles. The third kappa shape index (κ3) is 4.69. The van der Waals surface area contributed by atoms with Crippen LogP contribution in [0.25, 0.3) is 0 Å². The Labute approximate surface area is 182 Å². The minimum Gasteiger partial charge on any atom is -0.378 e. The molecule has 0 saturated heterocycles. The number of carbonyl (C=O) groups is 1. The summed E-state index contributed by atoms with van der Waals surface area (Å²) in [5.74, 6) is 1.56. The number of hydrogen-bond acceptors (Lipinski definition) is 5. The van der Waals surface area contributed by atoms with Crippen molar-refractivity contribution in [2.45, 2.75) is 57.5 Å². The summed E-state index contributed by atoms with van der Waals surface area (Å²) in [5.41, 5.74) is 4.57. The standard InChI is InChI=1S/C23H30N6O2/c1-14(2)18-6-5-7-19(24-18)15-8-9-16(10-15)20-12-22(27-26-20)25-23(30)21-11-17(13-31-4)28-29(21)3/h5-7,11-12,14-16H,8-10,13H2,1-4H3,(H2,25,26,27,30)/t15-,16-/m0/s1. The third-order valence-corrected chi connectivity index (χ3v) is 5.97. The summed E-state index contributed by atoms with van der Waals surface area (Å²) in [6, 6.07) is 10.0. The zero-order valence-electron chi connectivity index (χ0n) is 18.6. The number of aromatic amines is 1. The highest BCUT2D eigenvalue weighted by Gasteiger charge is 2.29. The second-order valence-corrected chi connectivity index (χ2v) is 8.59. The molecular formula is C23H30N6O2. The number of nitrogens with zero attached hydrogens (tertiary/aromatic N) is 4. The molecule has 1 amide bonds. The van der Waals surface area contributed by atoms with Crippen LogP contribution in [0, 0.1) is 0 Å². The van der Waals surface area contributed by atoms with Crippen molar-refractivity contribution in [3.63, 3.8) is 0 Å². The van der Waals surface area contributed by atoms with E-state index >= 15 is 0 Å². The van der Waals surface area contributed by atoms with Crippen LogP contribution < -0.4 is 5.32 Å². The summed E-state index contributed by atoms with van der Waals surface area (Å²) in [4.78, 5) is 17.5. The van der Waals surface area contributed by atoms with E-state index in [-0.39, 0.29) is 5.91 Å². The number of aromatic nitrogens is 5. The van der Waals surface area contributed by atoms with Crippen LogP contribution in [0.4, 0.5) is 5.82 Å². The lowest BCUT2D eigenvalue weighted by Crippen LogP contribution is -2.16. The van der Waals surface area contributed by atoms with Gasteiger partial charge in [-0.05, 0) is 43.4 Å². The lowest BCUT2D eigenvalue weighted by molar-refractivity contribution is 0.101. The number of H-pyrrole nitrogens is 1. The number of rotatable bonds is 7. The minimum atomic E-state index is -0.241. The number of ether oxygens (including phenoxy) is 1. The maximum atomic E-state index is 12.6. The van der Waals surface area contributed by atoms with Gasteiger partial charge in [0.15, 0.2) is 5.82 Å². The van der Waals surface area contributed by atoms with E-state index in [1.807, 2.05) is 6.07 Å². The molecule has 0 bridgehead atoms. The van der Waals surface area contributed by atoms with Crippen LogP contribution in [0.5, 0.6) is 0 Å². The van der Waals surface area contributed by atoms with Crippen molar-refractivity contribution in [2.24, 2.45) is 7.05 Å². The van der Waals surface area contributed by atoms with Gasteiger partial charge in [0.05, 0.1) is 12.3 Å². The molecule has 3 aromatic heterocycles. The summed E-state index contributed by atoms with van der Waals surface area (Å²) in [6.45, 7) is 4.72. The van der Waals surface area contributed by atoms with Crippen LogP contribution in [-0.2, 0) is 18.4 Å². The van der Waals surface area contributed by atoms with Gasteiger partial charge in [0, 0.05) is 49.1 Å². The van der Waals surface area contributed by atoms with E-state index in [9.17, 15) is 4.79 Å². The molecule has 0 aliphatic heterocycles. The van der Waals surface area contributed by atoms with Crippen molar-refractivity contribution in [2.75, 3.05) is 12.4 Å². The number of pyridine rings is 1. The van der Waals surface area contributed by atoms with Gasteiger partial charge in [-0.1, -0.05) is 19.9 Å². The van der Waals surface area contributed by atoms with E-state index in [0.29, 0.717) is 41.6 Å². The predicted octanol–water partition coefficient (Wildman–Crippen LogP) is 4.11. The fraction of sp³-hybridized carbons (Fsp3) is 0.478. The molecule has 0 unspecified atom stereocenters. The van der Waals surface area contributed by atoms with Crippen LogP contribution in [0.3, 0.4) is 0 Å². The molecule has 8 heteroatoms. The van der Waals surface area contributed by atoms with Crippen molar-refractivity contribution in [3.05, 3.63) is 58.8 Å². The van der Waals surface area contributed by atoms with E-state index in [1.54, 1.807) is 24.9 Å². The van der Waals surface area contributed by atoms with E-state index in [1.165, 1.54) is 5.69 Å². The van der Waals surface area contributed by atoms with Gasteiger partial charge in [0.25, 0.3) is 5.91 Å². The van der Waals surface area contributed by atoms with Crippen molar-refractivity contribution in [1.82, 2.24) is 25.0 Å². The lowest BCUT2D eigenvalue weighted by atomic mass is 9.98. The number of hydrogen-bond donors (Lipinski definition) is 2. The summed E-state index contributed by atoms with van der Waals surface area (Å²) in [5, 5.41) is 14.6. The number of anilines is 1. The second-order valence-electron chi connectivity index (χ2n) is 8.59. The third-order valence-electron chi connectivity index (χ3n) is 5.97. The van der Waals surface area contributed by atoms with Gasteiger partial charge >= 0.3 is 0 Å². The number of amides is 1. The second kappa shape index (κ2) is 9.01. The Morgan fingerprint density at radius 1 is 1.29 bits per heavy atom. The van der Waals surface area contributed by atoms with Crippen LogP contribution >= 0.6 is 0 Å². The van der Waals surface area contributed by atoms with E-state index < -0.39 is 0 Å². The topological polar surface area (TPSA) is 97.7 Å². The first kappa shape index (κ1) is 21.2. The van der Waals surface area contributed by atoms with Gasteiger partial charge in [0.2, 0.25) is 0 Å². The van der Waals surface area contributed by atoms with Gasteiger partial charge in [-0.2, -0.15) is 10.2 Å². The van der Waals surface area contributed by atoms with Crippen LogP contribution in [-0.4, -0.2) is 38.0 Å². The summed E-state index contributed by atoms with van der Waals surface area (Å²) in [7, 11) is 3.34. The zero-order valence-corrected chi connectivity index (χ0v) is 18.6. The monoisotopic (exact) mass is 422 g/mol. The fourth-order valence-electron chi connectivity index (χ4n) is 4.30. The summed E-state index contributed by atoms with van der Waals surface area (Å²) in [6.07, 6.45) is 3.22. The highest BCUT2D eigenvalue weighted by Crippen LogP contribution is 2.43. The van der Waals surface area contributed by atoms with Crippen molar-refractivity contribution in [3.8, 4) is 0 Å². The molecule has 0 spiro atoms. The maximum Gasteiger partial charge on any atom is 0.275 e. The van der Waals surface area contributed by atoms with Crippen LogP contribution in [0.15, 0.2) is 30.3 Å². The predicted molar refractivity (Wildman–Crippen MR) is 118 cm³/mol. The van der Waals surface area contributed by atoms with Crippen molar-refractivity contribution >= 4 is 11.7 Å². The fourth-order valence-corrected chi connectivity index (χ4v) is 4.30. The molecule has 2 atom stereocenters. The Bertz CT molecular complexity index is 1050. The number of nitrogens with one attached hydrogen (secondary N) is 2. The van der Waals surface area contributed by atoms with Gasteiger partial charge in [-0.3, -0.25) is 19.6 Å². The SMILES string of the molecule is COCc1cc(C(=O)Nc2cc([C@H]3CC[C@H](c4cccc(C(C)C)n4)C3)[nH]n2)n(C)n1. The minimum absolute atomic E-state index is 0.241. The molecule has 0 aromatic carbocycles. The Balaban J connectivity index is 1.40. The molecule has 3 aromatic rings. The molecule has 1 aliphatic carbocycles. The first-order chi connectivity index (χ1) is 14.9. The summed E-state index contributed by atoms with van der Waals surface area (Å²) >= 11 is 0. The average molecular weight is 423 g/mol. The van der Waals surface area contributed by atoms with Gasteiger partial charge < -0.3 is 10.1 Å². The van der Waals surface area contributed by atoms with Gasteiger partial charge in [0.1, 0.15) is 5.69 Å². The van der Waals surface area contributed by atoms with Crippen LogP contribution in [0.1, 0.15) is 84.1 Å². The molecule has 164 valence electrons. The maximum absolute atomic E-state index is 12.6. The molecule has 0 radical (unpaired) electrons. The molecule has 1 fully saturated rings. The van der Waals surface area contributed by atoms with Gasteiger partial charge in [-0.25, -0.2) is 0 Å². The Morgan fingerprint density at radius 3 is 2.87 bits per heavy atom. The van der Waals surface area contributed by atoms with Gasteiger partial charge in [-0.15, -0.1) is 0 Å². The Hall–Kier alpha value is -3.00. The molecule has 8 nitrogen and oxygen atoms in total. The smallest absolute Gasteiger partial charge is 0.275 e. The first-order valence-electron chi connectivity index (χ1n) is 10.8. The first-order valence-corrected chi connectivity index (χ1v) is 10.8. The van der Waals surface area contributed by atoms with Crippen LogP contribution in [0.2, 0.25) is 0 Å². The zero-order chi connectivity index (χ0) is 22.0. The van der Waals surface area contributed by atoms with Crippen molar-refractivity contribution in [1.29, 1.82) is 0 Å². The number of carbonyl (C=O) groups excluding carboxylic acids is 1. The molecule has 2 N–H and O–H groups in total. The molecule has 3 heterocycles. The quantitative estimate of drug-likeness (QED) is 0.597. The highest BCUT2D eigenvalue weighted by molar-refractivity contribution is 6.02. The molecule has 1 aliphatic rings. The average Bonchev–Trinajstić information content (AvgIpc) is 3.48. The summed E-state index contributed by atoms with van der Waals surface area (Å²) < 4.78 is 6.64. The van der Waals surface area contributed by atoms with Crippen molar-refractivity contribution < 1.29 is 9.53 Å². The van der Waals surface area contributed by atoms with E-state index in [0.717, 1.165) is 30.7 Å². The normalized spacial score (nSPS) is 18.6. The van der Waals surface area contributed by atoms with E-state index in [4.69, 9.17) is 9.72 Å². The largest absolute Gasteiger partial charge is 0.378 e. The lowest BCUT2D eigenvalue weighted by Gasteiger charge is -2.12. The van der Waals surface area contributed by atoms with E-state index in [2.05, 4.69) is 52.7 Å². The number of methoxy groups -OCH3 is 1. The molecular weight excluding hydrogens is 392 g/mol.